The van der Waals surface area contributed by atoms with Crippen LogP contribution in [0, 0.1) is 40.5 Å². The van der Waals surface area contributed by atoms with Gasteiger partial charge in [-0.15, -0.1) is 0 Å². The molecule has 2 N–H and O–H groups in total. The first-order valence-corrected chi connectivity index (χ1v) is 10.1. The van der Waals surface area contributed by atoms with E-state index in [9.17, 15) is 50.7 Å². The minimum Gasteiger partial charge on any atom is -0.868 e. The number of nitro groups is 4. The summed E-state index contributed by atoms with van der Waals surface area (Å²) in [4.78, 5) is 43.0. The molecule has 0 amide bonds. The Morgan fingerprint density at radius 3 is 0.974 bits per heavy atom. The number of aromatic amines is 2. The number of nitro benzene ring substituents is 4. The minimum atomic E-state index is -0.949. The molecule has 0 aliphatic carbocycles. The second-order valence-corrected chi connectivity index (χ2v) is 6.49. The molecule has 17 heteroatoms. The van der Waals surface area contributed by atoms with Gasteiger partial charge in [0.1, 0.15) is 0 Å². The summed E-state index contributed by atoms with van der Waals surface area (Å²) >= 11 is 0. The predicted molar refractivity (Wildman–Crippen MR) is 130 cm³/mol. The monoisotopic (exact) mass is 550 g/mol. The molecule has 39 heavy (non-hydrogen) atoms. The van der Waals surface area contributed by atoms with Crippen LogP contribution in [0.3, 0.4) is 0 Å². The van der Waals surface area contributed by atoms with Crippen molar-refractivity contribution in [1.82, 2.24) is 0 Å². The van der Waals surface area contributed by atoms with Gasteiger partial charge in [0.2, 0.25) is 0 Å². The maximum atomic E-state index is 10.8. The molecule has 2 heterocycles. The van der Waals surface area contributed by atoms with Crippen LogP contribution in [0.25, 0.3) is 0 Å². The summed E-state index contributed by atoms with van der Waals surface area (Å²) in [6, 6.07) is 16.5. The Hall–Kier alpha value is -5.29. The van der Waals surface area contributed by atoms with E-state index >= 15 is 0 Å². The molecular formula is C22H18MgN6O10+2. The van der Waals surface area contributed by atoms with E-state index in [0.717, 1.165) is 24.3 Å². The van der Waals surface area contributed by atoms with Crippen molar-refractivity contribution in [2.75, 3.05) is 0 Å². The average Bonchev–Trinajstić information content (AvgIpc) is 2.91. The van der Waals surface area contributed by atoms with Gasteiger partial charge >= 0.3 is 23.1 Å². The molecule has 196 valence electrons. The number of benzene rings is 2. The molecule has 16 nitrogen and oxygen atoms in total. The Bertz CT molecular complexity index is 1210. The fraction of sp³-hybridized carbons (Fsp3) is 0. The summed E-state index contributed by atoms with van der Waals surface area (Å²) in [5.74, 6) is -1.67. The van der Waals surface area contributed by atoms with Crippen molar-refractivity contribution in [3.05, 3.63) is 138 Å². The fourth-order valence-electron chi connectivity index (χ4n) is 2.21. The van der Waals surface area contributed by atoms with E-state index in [-0.39, 0.29) is 23.1 Å². The van der Waals surface area contributed by atoms with Crippen molar-refractivity contribution in [3.8, 4) is 11.5 Å². The predicted octanol–water partition coefficient (Wildman–Crippen LogP) is 1.77. The maximum Gasteiger partial charge on any atom is 2.00 e. The molecule has 0 atom stereocenters. The van der Waals surface area contributed by atoms with E-state index in [1.54, 1.807) is 0 Å². The van der Waals surface area contributed by atoms with Crippen molar-refractivity contribution in [1.29, 1.82) is 0 Å². The Balaban J connectivity index is 0.000000518. The van der Waals surface area contributed by atoms with E-state index in [2.05, 4.69) is 9.97 Å². The smallest absolute Gasteiger partial charge is 0.868 e. The molecule has 0 aliphatic heterocycles. The van der Waals surface area contributed by atoms with E-state index < -0.39 is 53.9 Å². The Kier molecular flexibility index (Phi) is 15.6. The van der Waals surface area contributed by atoms with Gasteiger partial charge in [0.15, 0.2) is 24.8 Å². The molecular weight excluding hydrogens is 533 g/mol. The van der Waals surface area contributed by atoms with E-state index in [0.29, 0.717) is 12.1 Å². The number of non-ortho nitro benzene ring substituents is 2. The van der Waals surface area contributed by atoms with Crippen molar-refractivity contribution >= 4 is 45.8 Å². The number of nitrogens with one attached hydrogen (secondary N) is 2. The number of rotatable bonds is 4. The number of pyridine rings is 2. The zero-order chi connectivity index (χ0) is 28.5. The Morgan fingerprint density at radius 2 is 0.795 bits per heavy atom. The van der Waals surface area contributed by atoms with Gasteiger partial charge in [0.25, 0.3) is 22.7 Å². The van der Waals surface area contributed by atoms with Crippen LogP contribution in [0.4, 0.5) is 22.7 Å². The van der Waals surface area contributed by atoms with Gasteiger partial charge in [-0.1, -0.05) is 24.3 Å². The first-order chi connectivity index (χ1) is 18.0. The largest absolute Gasteiger partial charge is 2.00 e. The maximum absolute atomic E-state index is 10.8. The third-order valence-corrected chi connectivity index (χ3v) is 3.91. The first kappa shape index (κ1) is 33.7. The second-order valence-electron chi connectivity index (χ2n) is 6.49. The van der Waals surface area contributed by atoms with Crippen molar-refractivity contribution in [2.45, 2.75) is 0 Å². The summed E-state index contributed by atoms with van der Waals surface area (Å²) in [7, 11) is 0. The quantitative estimate of drug-likeness (QED) is 0.202. The van der Waals surface area contributed by atoms with Gasteiger partial charge in [-0.25, -0.2) is 9.97 Å². The fourth-order valence-corrected chi connectivity index (χ4v) is 2.21. The normalized spacial score (nSPS) is 8.82. The molecule has 2 aromatic heterocycles. The van der Waals surface area contributed by atoms with Crippen LogP contribution in [0.5, 0.6) is 11.5 Å². The number of hydrogen-bond donors (Lipinski definition) is 0. The van der Waals surface area contributed by atoms with Crippen LogP contribution < -0.4 is 20.2 Å². The van der Waals surface area contributed by atoms with Crippen molar-refractivity contribution in [3.63, 3.8) is 0 Å². The summed E-state index contributed by atoms with van der Waals surface area (Å²) < 4.78 is 0. The molecule has 0 saturated carbocycles. The third-order valence-electron chi connectivity index (χ3n) is 3.91. The van der Waals surface area contributed by atoms with Crippen LogP contribution in [0.2, 0.25) is 0 Å². The molecule has 0 spiro atoms. The van der Waals surface area contributed by atoms with Gasteiger partial charge in [-0.2, -0.15) is 0 Å². The molecule has 0 unspecified atom stereocenters. The zero-order valence-corrected chi connectivity index (χ0v) is 21.2. The van der Waals surface area contributed by atoms with Crippen molar-refractivity contribution in [2.24, 2.45) is 0 Å². The van der Waals surface area contributed by atoms with Gasteiger partial charge in [-0.3, -0.25) is 40.5 Å². The molecule has 4 rings (SSSR count). The third kappa shape index (κ3) is 13.0. The Morgan fingerprint density at radius 1 is 0.487 bits per heavy atom. The molecule has 0 fully saturated rings. The summed E-state index contributed by atoms with van der Waals surface area (Å²) in [6.07, 6.45) is 7.50. The van der Waals surface area contributed by atoms with E-state index in [1.807, 2.05) is 61.2 Å². The Labute approximate surface area is 235 Å². The topological polar surface area (TPSA) is 247 Å². The number of H-pyrrole nitrogens is 2. The van der Waals surface area contributed by atoms with Gasteiger partial charge < -0.3 is 10.2 Å². The van der Waals surface area contributed by atoms with Gasteiger partial charge in [-0.05, 0) is 11.5 Å². The summed E-state index contributed by atoms with van der Waals surface area (Å²) in [5.41, 5.74) is -2.50. The van der Waals surface area contributed by atoms with Crippen LogP contribution in [0.1, 0.15) is 0 Å². The second kappa shape index (κ2) is 18.0. The zero-order valence-electron chi connectivity index (χ0n) is 19.8. The SMILES string of the molecule is O=[N+]([O-])c1ccc([O-])c([N+](=O)[O-])c1.O=[N+]([O-])c1ccc([O-])c([N+](=O)[O-])c1.[Mg+2].c1cc[nH+]cc1.c1cc[nH+]cc1. The van der Waals surface area contributed by atoms with Crippen LogP contribution >= 0.6 is 0 Å². The van der Waals surface area contributed by atoms with Gasteiger partial charge in [0, 0.05) is 36.4 Å². The molecule has 0 aliphatic rings. The minimum absolute atomic E-state index is 0. The van der Waals surface area contributed by atoms with Gasteiger partial charge in [0.05, 0.1) is 31.8 Å². The van der Waals surface area contributed by atoms with Crippen LogP contribution in [0.15, 0.2) is 97.6 Å². The van der Waals surface area contributed by atoms with E-state index in [1.165, 1.54) is 0 Å². The number of nitrogens with zero attached hydrogens (tertiary/aromatic N) is 4. The van der Waals surface area contributed by atoms with Crippen LogP contribution in [-0.2, 0) is 0 Å². The van der Waals surface area contributed by atoms with Crippen LogP contribution in [-0.4, -0.2) is 42.7 Å². The molecule has 0 bridgehead atoms. The standard InChI is InChI=1S/2C6H4N2O5.2C5H5N.Mg/c2*9-6-2-1-4(7(10)11)3-5(6)8(12)13;2*1-2-4-6-5-3-1;/h2*1-3,9H;2*1-5H;/q;;;;+2. The summed E-state index contributed by atoms with van der Waals surface area (Å²) in [5, 5.41) is 62.2. The average molecular weight is 551 g/mol. The molecule has 0 radical (unpaired) electrons. The molecule has 4 aromatic rings. The first-order valence-electron chi connectivity index (χ1n) is 10.1. The molecule has 0 saturated heterocycles. The van der Waals surface area contributed by atoms with Crippen molar-refractivity contribution < 1.29 is 39.9 Å². The summed E-state index contributed by atoms with van der Waals surface area (Å²) in [6.45, 7) is 0. The van der Waals surface area contributed by atoms with E-state index in [4.69, 9.17) is 0 Å². The number of aromatic nitrogens is 2. The molecule has 2 aromatic carbocycles. The number of hydrogen-bond acceptors (Lipinski definition) is 10.